The van der Waals surface area contributed by atoms with Crippen molar-refractivity contribution in [2.45, 2.75) is 26.7 Å². The zero-order chi connectivity index (χ0) is 22.2. The largest absolute Gasteiger partial charge is 0.207 e. The first kappa shape index (κ1) is 21.0. The van der Waals surface area contributed by atoms with Gasteiger partial charge in [-0.05, 0) is 58.6 Å². The van der Waals surface area contributed by atoms with Gasteiger partial charge in [0, 0.05) is 20.2 Å². The molecule has 0 unspecified atom stereocenters. The molecule has 32 heavy (non-hydrogen) atoms. The summed E-state index contributed by atoms with van der Waals surface area (Å²) in [5.74, 6) is -0.342. The highest BCUT2D eigenvalue weighted by atomic mass is 32.1. The van der Waals surface area contributed by atoms with Crippen LogP contribution in [0.25, 0.3) is 20.2 Å². The summed E-state index contributed by atoms with van der Waals surface area (Å²) < 4.78 is 32.1. The third-order valence-corrected chi connectivity index (χ3v) is 10.5. The van der Waals surface area contributed by atoms with Crippen LogP contribution in [-0.4, -0.2) is 8.80 Å². The van der Waals surface area contributed by atoms with Gasteiger partial charge < -0.3 is 0 Å². The van der Waals surface area contributed by atoms with Gasteiger partial charge in [-0.2, -0.15) is 0 Å². The highest BCUT2D eigenvalue weighted by Crippen LogP contribution is 2.32. The average molecular weight is 459 g/mol. The molecular formula is C28H24F2SSi. The van der Waals surface area contributed by atoms with Crippen molar-refractivity contribution < 1.29 is 8.78 Å². The van der Waals surface area contributed by atoms with E-state index in [9.17, 15) is 8.78 Å². The van der Waals surface area contributed by atoms with Gasteiger partial charge in [-0.25, -0.2) is 8.78 Å². The first-order valence-corrected chi connectivity index (χ1v) is 13.6. The van der Waals surface area contributed by atoms with Crippen molar-refractivity contribution in [3.05, 3.63) is 102 Å². The second-order valence-electron chi connectivity index (χ2n) is 8.20. The molecule has 0 nitrogen and oxygen atoms in total. The van der Waals surface area contributed by atoms with Gasteiger partial charge in [0.15, 0.2) is 0 Å². The Balaban J connectivity index is 1.73. The predicted octanol–water partition coefficient (Wildman–Crippen LogP) is 5.71. The van der Waals surface area contributed by atoms with E-state index in [0.717, 1.165) is 10.4 Å². The van der Waals surface area contributed by atoms with Gasteiger partial charge in [0.1, 0.15) is 20.4 Å². The quantitative estimate of drug-likeness (QED) is 0.234. The van der Waals surface area contributed by atoms with Crippen LogP contribution in [0.15, 0.2) is 78.9 Å². The van der Waals surface area contributed by atoms with Crippen molar-refractivity contribution in [2.75, 3.05) is 0 Å². The zero-order valence-corrected chi connectivity index (χ0v) is 20.1. The summed E-state index contributed by atoms with van der Waals surface area (Å²) in [5, 5.41) is 5.58. The molecule has 1 heterocycles. The Hall–Kier alpha value is -2.82. The third kappa shape index (κ3) is 3.68. The Morgan fingerprint density at radius 2 is 1.16 bits per heavy atom. The van der Waals surface area contributed by atoms with E-state index in [1.165, 1.54) is 25.4 Å². The highest BCUT2D eigenvalue weighted by Gasteiger charge is 2.22. The molecule has 0 saturated carbocycles. The molecule has 0 atom stereocenters. The summed E-state index contributed by atoms with van der Waals surface area (Å²) in [7, 11) is -2.07. The van der Waals surface area contributed by atoms with Crippen molar-refractivity contribution in [2.24, 2.45) is 0 Å². The zero-order valence-electron chi connectivity index (χ0n) is 18.2. The van der Waals surface area contributed by atoms with Crippen LogP contribution in [0.2, 0.25) is 0 Å². The molecule has 0 aliphatic carbocycles. The molecule has 0 saturated heterocycles. The molecule has 0 aliphatic heterocycles. The summed E-state index contributed by atoms with van der Waals surface area (Å²) >= 11 is 1.78. The van der Waals surface area contributed by atoms with Crippen molar-refractivity contribution in [3.8, 4) is 0 Å². The number of hydrogen-bond donors (Lipinski definition) is 0. The van der Waals surface area contributed by atoms with Gasteiger partial charge in [-0.1, -0.05) is 73.6 Å². The molecule has 0 fully saturated rings. The maximum Gasteiger partial charge on any atom is 0.133 e. The Kier molecular flexibility index (Phi) is 5.66. The van der Waals surface area contributed by atoms with Crippen LogP contribution in [0, 0.1) is 11.6 Å². The van der Waals surface area contributed by atoms with Crippen LogP contribution in [-0.2, 0) is 12.8 Å². The monoisotopic (exact) mass is 458 g/mol. The van der Waals surface area contributed by atoms with Crippen LogP contribution in [0.4, 0.5) is 8.78 Å². The molecule has 0 radical (unpaired) electrons. The number of halogens is 2. The van der Waals surface area contributed by atoms with Crippen molar-refractivity contribution in [3.63, 3.8) is 0 Å². The van der Waals surface area contributed by atoms with E-state index in [1.807, 2.05) is 38.1 Å². The van der Waals surface area contributed by atoms with Crippen LogP contribution >= 0.6 is 11.3 Å². The maximum atomic E-state index is 14.8. The first-order valence-electron chi connectivity index (χ1n) is 11.1. The maximum absolute atomic E-state index is 14.8. The second-order valence-corrected chi connectivity index (χ2v) is 12.1. The number of fused-ring (bicyclic) bond motifs is 3. The molecule has 160 valence electrons. The van der Waals surface area contributed by atoms with E-state index in [2.05, 4.69) is 42.5 Å². The van der Waals surface area contributed by atoms with Gasteiger partial charge in [0.05, 0.1) is 0 Å². The minimum absolute atomic E-state index is 0.171. The van der Waals surface area contributed by atoms with Gasteiger partial charge in [-0.3, -0.25) is 0 Å². The Morgan fingerprint density at radius 3 is 1.75 bits per heavy atom. The van der Waals surface area contributed by atoms with E-state index in [-0.39, 0.29) is 11.6 Å². The lowest BCUT2D eigenvalue weighted by Gasteiger charge is -2.19. The molecular weight excluding hydrogens is 434 g/mol. The predicted molar refractivity (Wildman–Crippen MR) is 137 cm³/mol. The normalized spacial score (nSPS) is 11.7. The van der Waals surface area contributed by atoms with E-state index in [1.54, 1.807) is 23.5 Å². The molecule has 0 bridgehead atoms. The Bertz CT molecular complexity index is 1380. The minimum Gasteiger partial charge on any atom is -0.207 e. The third-order valence-electron chi connectivity index (χ3n) is 6.32. The average Bonchev–Trinajstić information content (AvgIpc) is 3.18. The smallest absolute Gasteiger partial charge is 0.133 e. The molecule has 0 amide bonds. The summed E-state index contributed by atoms with van der Waals surface area (Å²) in [6.07, 6.45) is 1.32. The van der Waals surface area contributed by atoms with Crippen LogP contribution in [0.3, 0.4) is 0 Å². The Labute approximate surface area is 192 Å². The van der Waals surface area contributed by atoms with E-state index < -0.39 is 8.80 Å². The minimum atomic E-state index is -2.07. The summed E-state index contributed by atoms with van der Waals surface area (Å²) in [6, 6.07) is 26.2. The summed E-state index contributed by atoms with van der Waals surface area (Å²) in [5.41, 5.74) is 1.43. The highest BCUT2D eigenvalue weighted by molar-refractivity contribution is 7.25. The number of aryl methyl sites for hydroxylation is 2. The van der Waals surface area contributed by atoms with E-state index >= 15 is 0 Å². The number of hydrogen-bond acceptors (Lipinski definition) is 1. The van der Waals surface area contributed by atoms with Crippen molar-refractivity contribution in [1.29, 1.82) is 0 Å². The molecule has 4 aromatic carbocycles. The summed E-state index contributed by atoms with van der Waals surface area (Å²) in [6.45, 7) is 3.92. The van der Waals surface area contributed by atoms with E-state index in [0.29, 0.717) is 24.0 Å². The number of thiophene rings is 1. The molecule has 5 rings (SSSR count). The van der Waals surface area contributed by atoms with Gasteiger partial charge >= 0.3 is 0 Å². The van der Waals surface area contributed by atoms with Gasteiger partial charge in [0.2, 0.25) is 0 Å². The molecule has 0 spiro atoms. The fourth-order valence-electron chi connectivity index (χ4n) is 4.56. The second kappa shape index (κ2) is 8.61. The van der Waals surface area contributed by atoms with Crippen molar-refractivity contribution >= 4 is 55.9 Å². The van der Waals surface area contributed by atoms with Crippen LogP contribution < -0.4 is 15.6 Å². The fourth-order valence-corrected chi connectivity index (χ4v) is 8.63. The lowest BCUT2D eigenvalue weighted by atomic mass is 10.1. The fraction of sp³-hybridized carbons (Fsp3) is 0.143. The lowest BCUT2D eigenvalue weighted by molar-refractivity contribution is 0.613. The first-order chi connectivity index (χ1) is 15.6. The molecule has 5 aromatic rings. The lowest BCUT2D eigenvalue weighted by Crippen LogP contribution is -2.52. The number of rotatable bonds is 5. The van der Waals surface area contributed by atoms with Crippen LogP contribution in [0.1, 0.15) is 25.0 Å². The molecule has 1 aromatic heterocycles. The van der Waals surface area contributed by atoms with Gasteiger partial charge in [-0.15, -0.1) is 11.3 Å². The van der Waals surface area contributed by atoms with E-state index in [4.69, 9.17) is 0 Å². The standard InChI is InChI=1S/C28H24F2SSi/c1-3-18-9-11-21(16-25(18)29)32(22-12-10-19(4-2)26(30)17-22)20-13-14-28-24(15-20)23-7-5-6-8-27(23)31-28/h5-17,32H,3-4H2,1-2H3. The molecule has 4 heteroatoms. The SMILES string of the molecule is CCc1ccc([SiH](c2ccc(CC)c(F)c2)c2ccc3sc4ccccc4c3c2)cc1F. The van der Waals surface area contributed by atoms with Crippen LogP contribution in [0.5, 0.6) is 0 Å². The Morgan fingerprint density at radius 1 is 0.625 bits per heavy atom. The molecule has 0 aliphatic rings. The number of benzene rings is 4. The molecule has 0 N–H and O–H groups in total. The topological polar surface area (TPSA) is 0 Å². The van der Waals surface area contributed by atoms with Gasteiger partial charge in [0.25, 0.3) is 0 Å². The summed E-state index contributed by atoms with van der Waals surface area (Å²) in [4.78, 5) is 0. The van der Waals surface area contributed by atoms with Crippen molar-refractivity contribution in [1.82, 2.24) is 0 Å².